The lowest BCUT2D eigenvalue weighted by molar-refractivity contribution is -0.115. The molecule has 0 N–H and O–H groups in total. The van der Waals surface area contributed by atoms with E-state index >= 15 is 0 Å². The Morgan fingerprint density at radius 1 is 0.893 bits per heavy atom. The number of hydrogen-bond donors (Lipinski definition) is 0. The molecule has 0 saturated carbocycles. The normalized spacial score (nSPS) is 18.2. The van der Waals surface area contributed by atoms with Crippen molar-refractivity contribution >= 4 is 33.0 Å². The van der Waals surface area contributed by atoms with Gasteiger partial charge in [0.1, 0.15) is 17.3 Å². The number of rotatable bonds is 4. The predicted molar refractivity (Wildman–Crippen MR) is 108 cm³/mol. The van der Waals surface area contributed by atoms with Crippen molar-refractivity contribution in [1.29, 1.82) is 0 Å². The molecule has 5 nitrogen and oxygen atoms in total. The van der Waals surface area contributed by atoms with E-state index in [1.54, 1.807) is 48.5 Å². The Hall–Kier alpha value is -2.83. The molecule has 0 radical (unpaired) electrons. The number of benzene rings is 3. The van der Waals surface area contributed by atoms with Gasteiger partial charge in [0.05, 0.1) is 0 Å². The Kier molecular flexibility index (Phi) is 4.83. The summed E-state index contributed by atoms with van der Waals surface area (Å²) in [4.78, 5) is 13.8. The molecule has 0 aromatic heterocycles. The maximum absolute atomic E-state index is 12.7. The first-order chi connectivity index (χ1) is 13.4. The van der Waals surface area contributed by atoms with Gasteiger partial charge >= 0.3 is 0 Å². The fourth-order valence-electron chi connectivity index (χ4n) is 3.20. The maximum atomic E-state index is 12.7. The van der Waals surface area contributed by atoms with Crippen LogP contribution in [0.3, 0.4) is 0 Å². The van der Waals surface area contributed by atoms with E-state index in [1.165, 1.54) is 4.90 Å². The number of sulfone groups is 1. The molecule has 1 atom stereocenters. The number of carbonyl (C=O) groups is 1. The third-order valence-electron chi connectivity index (χ3n) is 4.40. The molecule has 1 heterocycles. The number of carbonyl (C=O) groups excluding carboxylic acids is 1. The molecule has 1 unspecified atom stereocenters. The van der Waals surface area contributed by atoms with E-state index < -0.39 is 26.9 Å². The fourth-order valence-corrected chi connectivity index (χ4v) is 5.16. The van der Waals surface area contributed by atoms with Gasteiger partial charge in [-0.1, -0.05) is 48.0 Å². The van der Waals surface area contributed by atoms with Crippen molar-refractivity contribution in [3.8, 4) is 11.5 Å². The van der Waals surface area contributed by atoms with E-state index in [0.717, 1.165) is 0 Å². The molecule has 1 aliphatic heterocycles. The van der Waals surface area contributed by atoms with Crippen LogP contribution in [-0.2, 0) is 14.6 Å². The minimum absolute atomic E-state index is 0.431. The summed E-state index contributed by atoms with van der Waals surface area (Å²) in [6.07, 6.45) is 0. The molecule has 7 heteroatoms. The third-order valence-corrected chi connectivity index (χ3v) is 6.45. The molecular weight excluding hydrogens is 398 g/mol. The maximum Gasteiger partial charge on any atom is 0.243 e. The summed E-state index contributed by atoms with van der Waals surface area (Å²) in [5.41, 5.74) is 0.944. The molecule has 4 rings (SSSR count). The predicted octanol–water partition coefficient (Wildman–Crippen LogP) is 4.59. The first-order valence-corrected chi connectivity index (χ1v) is 10.7. The molecular formula is C21H16ClNO4S. The van der Waals surface area contributed by atoms with Crippen molar-refractivity contribution in [1.82, 2.24) is 0 Å². The number of ether oxygens (including phenoxy) is 1. The van der Waals surface area contributed by atoms with Crippen LogP contribution < -0.4 is 9.64 Å². The summed E-state index contributed by atoms with van der Waals surface area (Å²) in [6.45, 7) is 0. The Morgan fingerprint density at radius 2 is 1.57 bits per heavy atom. The molecule has 1 fully saturated rings. The molecule has 0 spiro atoms. The van der Waals surface area contributed by atoms with Gasteiger partial charge in [-0.15, -0.1) is 0 Å². The lowest BCUT2D eigenvalue weighted by Gasteiger charge is -2.24. The standard InChI is InChI=1S/C21H16ClNO4S/c22-16-5-4-6-17(13-16)23-20(24)14-28(25,26)21(23)15-9-11-19(12-10-15)27-18-7-2-1-3-8-18/h1-13,21H,14H2. The summed E-state index contributed by atoms with van der Waals surface area (Å²) < 4.78 is 31.1. The smallest absolute Gasteiger partial charge is 0.243 e. The van der Waals surface area contributed by atoms with Crippen LogP contribution in [0.1, 0.15) is 10.9 Å². The molecule has 28 heavy (non-hydrogen) atoms. The number of amides is 1. The highest BCUT2D eigenvalue weighted by atomic mass is 35.5. The Bertz CT molecular complexity index is 1110. The lowest BCUT2D eigenvalue weighted by atomic mass is 10.1. The largest absolute Gasteiger partial charge is 0.457 e. The van der Waals surface area contributed by atoms with Crippen LogP contribution in [0.2, 0.25) is 5.02 Å². The molecule has 3 aromatic carbocycles. The quantitative estimate of drug-likeness (QED) is 0.627. The van der Waals surface area contributed by atoms with Crippen molar-refractivity contribution in [2.75, 3.05) is 10.7 Å². The summed E-state index contributed by atoms with van der Waals surface area (Å²) in [6, 6.07) is 22.6. The van der Waals surface area contributed by atoms with Gasteiger partial charge in [0.15, 0.2) is 15.2 Å². The van der Waals surface area contributed by atoms with Crippen molar-refractivity contribution in [3.05, 3.63) is 89.4 Å². The third kappa shape index (κ3) is 3.61. The van der Waals surface area contributed by atoms with Crippen LogP contribution in [0.25, 0.3) is 0 Å². The van der Waals surface area contributed by atoms with Gasteiger partial charge in [0, 0.05) is 10.7 Å². The average molecular weight is 414 g/mol. The average Bonchev–Trinajstić information content (AvgIpc) is 2.91. The van der Waals surface area contributed by atoms with Crippen LogP contribution in [0.4, 0.5) is 5.69 Å². The zero-order chi connectivity index (χ0) is 19.7. The van der Waals surface area contributed by atoms with Crippen LogP contribution >= 0.6 is 11.6 Å². The lowest BCUT2D eigenvalue weighted by Crippen LogP contribution is -2.29. The van der Waals surface area contributed by atoms with E-state index in [1.807, 2.05) is 30.3 Å². The van der Waals surface area contributed by atoms with Gasteiger partial charge < -0.3 is 4.74 Å². The highest BCUT2D eigenvalue weighted by molar-refractivity contribution is 7.93. The molecule has 0 bridgehead atoms. The molecule has 1 amide bonds. The van der Waals surface area contributed by atoms with Crippen molar-refractivity contribution in [2.24, 2.45) is 0 Å². The summed E-state index contributed by atoms with van der Waals surface area (Å²) in [5, 5.41) is -0.663. The highest BCUT2D eigenvalue weighted by Gasteiger charge is 2.45. The second kappa shape index (κ2) is 7.30. The van der Waals surface area contributed by atoms with Crippen molar-refractivity contribution in [2.45, 2.75) is 5.37 Å². The summed E-state index contributed by atoms with van der Waals surface area (Å²) in [5.74, 6) is 0.245. The van der Waals surface area contributed by atoms with E-state index in [9.17, 15) is 13.2 Å². The second-order valence-corrected chi connectivity index (χ2v) is 8.88. The van der Waals surface area contributed by atoms with Gasteiger partial charge in [-0.3, -0.25) is 9.69 Å². The second-order valence-electron chi connectivity index (χ2n) is 6.39. The van der Waals surface area contributed by atoms with Gasteiger partial charge in [-0.05, 0) is 48.0 Å². The van der Waals surface area contributed by atoms with Crippen LogP contribution in [0.5, 0.6) is 11.5 Å². The molecule has 3 aromatic rings. The van der Waals surface area contributed by atoms with E-state index in [-0.39, 0.29) is 0 Å². The molecule has 1 saturated heterocycles. The number of anilines is 1. The highest BCUT2D eigenvalue weighted by Crippen LogP contribution is 2.38. The Labute approximate surface area is 168 Å². The number of nitrogens with zero attached hydrogens (tertiary/aromatic N) is 1. The minimum atomic E-state index is -3.68. The SMILES string of the molecule is O=C1CS(=O)(=O)C(c2ccc(Oc3ccccc3)cc2)N1c1cccc(Cl)c1. The first-order valence-electron chi connectivity index (χ1n) is 8.56. The summed E-state index contributed by atoms with van der Waals surface area (Å²) in [7, 11) is -3.68. The van der Waals surface area contributed by atoms with Crippen molar-refractivity contribution in [3.63, 3.8) is 0 Å². The molecule has 1 aliphatic rings. The van der Waals surface area contributed by atoms with Crippen LogP contribution in [0, 0.1) is 0 Å². The molecule has 142 valence electrons. The van der Waals surface area contributed by atoms with Crippen molar-refractivity contribution < 1.29 is 17.9 Å². The van der Waals surface area contributed by atoms with Gasteiger partial charge in [-0.25, -0.2) is 8.42 Å². The van der Waals surface area contributed by atoms with Crippen LogP contribution in [0.15, 0.2) is 78.9 Å². The Morgan fingerprint density at radius 3 is 2.25 bits per heavy atom. The fraction of sp³-hybridized carbons (Fsp3) is 0.0952. The monoisotopic (exact) mass is 413 g/mol. The van der Waals surface area contributed by atoms with E-state index in [4.69, 9.17) is 16.3 Å². The Balaban J connectivity index is 1.68. The van der Waals surface area contributed by atoms with E-state index in [2.05, 4.69) is 0 Å². The van der Waals surface area contributed by atoms with Gasteiger partial charge in [-0.2, -0.15) is 0 Å². The topological polar surface area (TPSA) is 63.7 Å². The molecule has 0 aliphatic carbocycles. The number of para-hydroxylation sites is 1. The number of halogens is 1. The van der Waals surface area contributed by atoms with Gasteiger partial charge in [0.2, 0.25) is 5.91 Å². The van der Waals surface area contributed by atoms with Crippen LogP contribution in [-0.4, -0.2) is 20.1 Å². The summed E-state index contributed by atoms with van der Waals surface area (Å²) >= 11 is 6.03. The first kappa shape index (κ1) is 18.5. The zero-order valence-electron chi connectivity index (χ0n) is 14.7. The van der Waals surface area contributed by atoms with Gasteiger partial charge in [0.25, 0.3) is 0 Å². The minimum Gasteiger partial charge on any atom is -0.457 e. The van der Waals surface area contributed by atoms with E-state index in [0.29, 0.717) is 27.8 Å². The zero-order valence-corrected chi connectivity index (χ0v) is 16.2. The number of hydrogen-bond acceptors (Lipinski definition) is 4.